The van der Waals surface area contributed by atoms with E-state index in [9.17, 15) is 32.3 Å². The smallest absolute Gasteiger partial charge is 0.416 e. The van der Waals surface area contributed by atoms with Crippen molar-refractivity contribution in [2.24, 2.45) is 0 Å². The first kappa shape index (κ1) is 27.0. The van der Waals surface area contributed by atoms with Crippen LogP contribution in [0.25, 0.3) is 16.7 Å². The third-order valence-electron chi connectivity index (χ3n) is 6.38. The van der Waals surface area contributed by atoms with Crippen LogP contribution in [0.3, 0.4) is 0 Å². The Morgan fingerprint density at radius 2 is 1.65 bits per heavy atom. The van der Waals surface area contributed by atoms with E-state index in [1.54, 1.807) is 0 Å². The molecule has 1 saturated heterocycles. The molecule has 0 amide bonds. The molecular formula is C26H20F4N6O3S. The lowest BCUT2D eigenvalue weighted by Crippen LogP contribution is -2.50. The molecule has 2 aromatic heterocycles. The minimum atomic E-state index is -4.42. The fourth-order valence-corrected chi connectivity index (χ4v) is 4.56. The summed E-state index contributed by atoms with van der Waals surface area (Å²) in [5, 5.41) is 12.8. The van der Waals surface area contributed by atoms with Gasteiger partial charge in [0, 0.05) is 49.9 Å². The summed E-state index contributed by atoms with van der Waals surface area (Å²) in [6.07, 6.45) is -2.00. The molecule has 206 valence electrons. The molecule has 3 heterocycles. The topological polar surface area (TPSA) is 104 Å². The van der Waals surface area contributed by atoms with Crippen LogP contribution in [0.15, 0.2) is 65.7 Å². The summed E-state index contributed by atoms with van der Waals surface area (Å²) < 4.78 is 53.3. The Morgan fingerprint density at radius 1 is 1.00 bits per heavy atom. The van der Waals surface area contributed by atoms with Crippen LogP contribution in [0.2, 0.25) is 0 Å². The molecule has 1 aliphatic heterocycles. The van der Waals surface area contributed by atoms with Crippen LogP contribution in [0.5, 0.6) is 0 Å². The molecule has 40 heavy (non-hydrogen) atoms. The first-order valence-electron chi connectivity index (χ1n) is 11.9. The molecule has 14 heteroatoms. The predicted molar refractivity (Wildman–Crippen MR) is 144 cm³/mol. The molecule has 4 aromatic rings. The van der Waals surface area contributed by atoms with Crippen LogP contribution in [-0.4, -0.2) is 61.8 Å². The van der Waals surface area contributed by atoms with Crippen molar-refractivity contribution in [3.63, 3.8) is 0 Å². The van der Waals surface area contributed by atoms with Crippen LogP contribution in [0.1, 0.15) is 15.9 Å². The Hall–Kier alpha value is -4.59. The maximum atomic E-state index is 13.5. The van der Waals surface area contributed by atoms with Gasteiger partial charge < -0.3 is 24.8 Å². The minimum Gasteiger partial charge on any atom is -0.477 e. The first-order valence-corrected chi connectivity index (χ1v) is 12.3. The highest BCUT2D eigenvalue weighted by molar-refractivity contribution is 7.80. The molecule has 0 spiro atoms. The van der Waals surface area contributed by atoms with Crippen molar-refractivity contribution in [2.45, 2.75) is 6.18 Å². The standard InChI is InChI=1S/C26H20F4N6O3S/c27-16-3-7-18(8-4-16)36-14-20(23(38)39)21(37)19-13-31-24(33-22(19)36)34-9-11-35(12-10-34)25(40)32-17-5-1-15(2-6-17)26(28,29)30/h1-8,13-14H,9-12H2,(H,32,40)(H,38,39). The van der Waals surface area contributed by atoms with E-state index in [1.165, 1.54) is 47.2 Å². The summed E-state index contributed by atoms with van der Waals surface area (Å²) in [6.45, 7) is 1.79. The van der Waals surface area contributed by atoms with Gasteiger partial charge in [-0.2, -0.15) is 18.2 Å². The quantitative estimate of drug-likeness (QED) is 0.276. The van der Waals surface area contributed by atoms with E-state index in [0.717, 1.165) is 18.3 Å². The Bertz CT molecular complexity index is 1650. The third kappa shape index (κ3) is 5.43. The Morgan fingerprint density at radius 3 is 2.25 bits per heavy atom. The maximum Gasteiger partial charge on any atom is 0.416 e. The number of carbonyl (C=O) groups is 1. The molecule has 0 radical (unpaired) electrons. The molecule has 0 bridgehead atoms. The predicted octanol–water partition coefficient (Wildman–Crippen LogP) is 4.16. The van der Waals surface area contributed by atoms with Gasteiger partial charge in [0.05, 0.1) is 10.9 Å². The largest absolute Gasteiger partial charge is 0.477 e. The van der Waals surface area contributed by atoms with Crippen molar-refractivity contribution in [1.82, 2.24) is 19.4 Å². The van der Waals surface area contributed by atoms with E-state index in [1.807, 2.05) is 9.80 Å². The summed E-state index contributed by atoms with van der Waals surface area (Å²) in [7, 11) is 0. The maximum absolute atomic E-state index is 13.5. The number of alkyl halides is 3. The highest BCUT2D eigenvalue weighted by Gasteiger charge is 2.30. The second-order valence-electron chi connectivity index (χ2n) is 8.91. The Kier molecular flexibility index (Phi) is 7.10. The monoisotopic (exact) mass is 572 g/mol. The Balaban J connectivity index is 1.35. The number of carboxylic acids is 1. The lowest BCUT2D eigenvalue weighted by molar-refractivity contribution is -0.137. The lowest BCUT2D eigenvalue weighted by Gasteiger charge is -2.36. The molecule has 2 aromatic carbocycles. The summed E-state index contributed by atoms with van der Waals surface area (Å²) in [5.74, 6) is -1.59. The van der Waals surface area contributed by atoms with E-state index in [0.29, 0.717) is 48.6 Å². The van der Waals surface area contributed by atoms with Gasteiger partial charge in [-0.1, -0.05) is 0 Å². The summed E-state index contributed by atoms with van der Waals surface area (Å²) in [5.41, 5.74) is -0.973. The molecular weight excluding hydrogens is 552 g/mol. The lowest BCUT2D eigenvalue weighted by atomic mass is 10.2. The van der Waals surface area contributed by atoms with Gasteiger partial charge in [0.1, 0.15) is 11.4 Å². The van der Waals surface area contributed by atoms with Gasteiger partial charge in [-0.3, -0.25) is 4.79 Å². The number of thiocarbonyl (C=S) groups is 1. The molecule has 0 unspecified atom stereocenters. The van der Waals surface area contributed by atoms with Gasteiger partial charge in [-0.25, -0.2) is 14.2 Å². The highest BCUT2D eigenvalue weighted by Crippen LogP contribution is 2.30. The van der Waals surface area contributed by atoms with E-state index < -0.39 is 34.5 Å². The molecule has 0 saturated carbocycles. The van der Waals surface area contributed by atoms with E-state index in [-0.39, 0.29) is 11.0 Å². The minimum absolute atomic E-state index is 0.00599. The summed E-state index contributed by atoms with van der Waals surface area (Å²) >= 11 is 5.44. The SMILES string of the molecule is O=C(O)c1cn(-c2ccc(F)cc2)c2nc(N3CCN(C(=S)Nc4ccc(C(F)(F)F)cc4)CC3)ncc2c1=O. The van der Waals surface area contributed by atoms with Gasteiger partial charge in [0.15, 0.2) is 10.8 Å². The fraction of sp³-hybridized carbons (Fsp3) is 0.192. The molecule has 1 fully saturated rings. The zero-order valence-electron chi connectivity index (χ0n) is 20.5. The number of benzene rings is 2. The number of nitrogens with one attached hydrogen (secondary N) is 1. The van der Waals surface area contributed by atoms with Crippen molar-refractivity contribution >= 4 is 46.0 Å². The number of pyridine rings is 1. The molecule has 0 aliphatic carbocycles. The third-order valence-corrected chi connectivity index (χ3v) is 6.74. The molecule has 1 aliphatic rings. The zero-order chi connectivity index (χ0) is 28.6. The number of halogens is 4. The number of carboxylic acid groups (broad SMARTS) is 1. The molecule has 2 N–H and O–H groups in total. The van der Waals surface area contributed by atoms with Crippen LogP contribution < -0.4 is 15.6 Å². The Labute approximate surface area is 229 Å². The van der Waals surface area contributed by atoms with Crippen LogP contribution in [0.4, 0.5) is 29.2 Å². The average Bonchev–Trinajstić information content (AvgIpc) is 2.93. The van der Waals surface area contributed by atoms with E-state index in [4.69, 9.17) is 12.2 Å². The molecule has 5 rings (SSSR count). The summed E-state index contributed by atoms with van der Waals surface area (Å²) in [6, 6.07) is 9.88. The average molecular weight is 573 g/mol. The van der Waals surface area contributed by atoms with Gasteiger partial charge >= 0.3 is 12.1 Å². The first-order chi connectivity index (χ1) is 19.0. The second kappa shape index (κ2) is 10.5. The number of fused-ring (bicyclic) bond motifs is 1. The zero-order valence-corrected chi connectivity index (χ0v) is 21.3. The van der Waals surface area contributed by atoms with Gasteiger partial charge in [-0.05, 0) is 60.7 Å². The van der Waals surface area contributed by atoms with Crippen LogP contribution >= 0.6 is 12.2 Å². The van der Waals surface area contributed by atoms with Crippen molar-refractivity contribution in [2.75, 3.05) is 36.4 Å². The number of nitrogens with zero attached hydrogens (tertiary/aromatic N) is 5. The van der Waals surface area contributed by atoms with Crippen LogP contribution in [0, 0.1) is 5.82 Å². The van der Waals surface area contributed by atoms with Gasteiger partial charge in [0.2, 0.25) is 11.4 Å². The molecule has 0 atom stereocenters. The van der Waals surface area contributed by atoms with E-state index >= 15 is 0 Å². The van der Waals surface area contributed by atoms with Crippen molar-refractivity contribution in [3.05, 3.63) is 88.1 Å². The van der Waals surface area contributed by atoms with Crippen LogP contribution in [-0.2, 0) is 6.18 Å². The number of piperazine rings is 1. The van der Waals surface area contributed by atoms with E-state index in [2.05, 4.69) is 15.3 Å². The fourth-order valence-electron chi connectivity index (χ4n) is 4.26. The number of anilines is 2. The second-order valence-corrected chi connectivity index (χ2v) is 9.30. The van der Waals surface area contributed by atoms with Gasteiger partial charge in [-0.15, -0.1) is 0 Å². The normalized spacial score (nSPS) is 13.9. The summed E-state index contributed by atoms with van der Waals surface area (Å²) in [4.78, 5) is 37.1. The number of aromatic carboxylic acids is 1. The van der Waals surface area contributed by atoms with Crippen molar-refractivity contribution < 1.29 is 27.5 Å². The van der Waals surface area contributed by atoms with Crippen molar-refractivity contribution in [1.29, 1.82) is 0 Å². The number of hydrogen-bond acceptors (Lipinski definition) is 6. The number of rotatable bonds is 4. The number of hydrogen-bond donors (Lipinski definition) is 2. The molecule has 9 nitrogen and oxygen atoms in total. The van der Waals surface area contributed by atoms with Gasteiger partial charge in [0.25, 0.3) is 0 Å². The highest BCUT2D eigenvalue weighted by atomic mass is 32.1. The van der Waals surface area contributed by atoms with Crippen molar-refractivity contribution in [3.8, 4) is 5.69 Å². The number of aromatic nitrogens is 3.